The number of aryl methyl sites for hydroxylation is 1. The fraction of sp³-hybridized carbons (Fsp3) is 0.484. The molecule has 10 nitrogen and oxygen atoms in total. The highest BCUT2D eigenvalue weighted by molar-refractivity contribution is 8.14. The summed E-state index contributed by atoms with van der Waals surface area (Å²) in [6, 6.07) is 12.7. The second kappa shape index (κ2) is 17.9. The van der Waals surface area contributed by atoms with Crippen molar-refractivity contribution in [3.05, 3.63) is 58.6 Å². The number of rotatable bonds is 10. The van der Waals surface area contributed by atoms with Crippen LogP contribution in [0.15, 0.2) is 47.5 Å². The van der Waals surface area contributed by atoms with Crippen LogP contribution >= 0.6 is 23.4 Å². The van der Waals surface area contributed by atoms with E-state index in [4.69, 9.17) is 26.2 Å². The molecule has 0 aliphatic carbocycles. The number of hydrogen-bond donors (Lipinski definition) is 1. The van der Waals surface area contributed by atoms with Crippen molar-refractivity contribution in [2.24, 2.45) is 4.99 Å². The molecule has 43 heavy (non-hydrogen) atoms. The molecule has 2 aromatic carbocycles. The Balaban J connectivity index is 0.00000316. The molecular formula is C31H43ClN4O6S. The minimum Gasteiger partial charge on any atom is -0.492 e. The Morgan fingerprint density at radius 3 is 2.30 bits per heavy atom. The predicted molar refractivity (Wildman–Crippen MR) is 172 cm³/mol. The highest BCUT2D eigenvalue weighted by Gasteiger charge is 2.26. The summed E-state index contributed by atoms with van der Waals surface area (Å²) in [6.45, 7) is 13.8. The molecule has 1 N–H and O–H groups in total. The van der Waals surface area contributed by atoms with Crippen molar-refractivity contribution >= 4 is 53.0 Å². The molecule has 1 unspecified atom stereocenters. The first-order chi connectivity index (χ1) is 20.5. The van der Waals surface area contributed by atoms with Crippen molar-refractivity contribution in [2.75, 3.05) is 53.0 Å². The van der Waals surface area contributed by atoms with Crippen LogP contribution in [0, 0.1) is 6.92 Å². The van der Waals surface area contributed by atoms with Crippen molar-refractivity contribution in [1.29, 1.82) is 0 Å². The van der Waals surface area contributed by atoms with Gasteiger partial charge in [-0.05, 0) is 76.1 Å². The smallest absolute Gasteiger partial charge is 0.410 e. The minimum atomic E-state index is -0.564. The summed E-state index contributed by atoms with van der Waals surface area (Å²) in [4.78, 5) is 46.3. The zero-order valence-corrected chi connectivity index (χ0v) is 27.4. The van der Waals surface area contributed by atoms with Gasteiger partial charge in [0.25, 0.3) is 0 Å². The van der Waals surface area contributed by atoms with Gasteiger partial charge in [0, 0.05) is 51.4 Å². The highest BCUT2D eigenvalue weighted by Crippen LogP contribution is 2.32. The lowest BCUT2D eigenvalue weighted by molar-refractivity contribution is -0.114. The van der Waals surface area contributed by atoms with Crippen LogP contribution < -0.4 is 4.74 Å². The van der Waals surface area contributed by atoms with Crippen LogP contribution in [0.1, 0.15) is 44.1 Å². The normalized spacial score (nSPS) is 14.7. The predicted octanol–water partition coefficient (Wildman–Crippen LogP) is 5.33. The van der Waals surface area contributed by atoms with Gasteiger partial charge >= 0.3 is 6.09 Å². The van der Waals surface area contributed by atoms with E-state index in [1.165, 1.54) is 16.7 Å². The average Bonchev–Trinajstić information content (AvgIpc) is 2.98. The summed E-state index contributed by atoms with van der Waals surface area (Å²) in [5.41, 5.74) is 1.82. The molecule has 1 fully saturated rings. The second-order valence-corrected chi connectivity index (χ2v) is 12.2. The maximum absolute atomic E-state index is 12.3. The van der Waals surface area contributed by atoms with Crippen LogP contribution in [-0.2, 0) is 14.3 Å². The first-order valence-electron chi connectivity index (χ1n) is 14.1. The van der Waals surface area contributed by atoms with E-state index in [-0.39, 0.29) is 6.09 Å². The number of carbonyl (C=O) groups excluding carboxylic acids is 3. The molecule has 0 saturated carbocycles. The Morgan fingerprint density at radius 2 is 1.77 bits per heavy atom. The van der Waals surface area contributed by atoms with Crippen molar-refractivity contribution in [3.63, 3.8) is 0 Å². The van der Waals surface area contributed by atoms with E-state index >= 15 is 0 Å². The van der Waals surface area contributed by atoms with Gasteiger partial charge in [-0.3, -0.25) is 14.6 Å². The monoisotopic (exact) mass is 634 g/mol. The quantitative estimate of drug-likeness (QED) is 0.212. The summed E-state index contributed by atoms with van der Waals surface area (Å²) in [6.07, 6.45) is 1.29. The number of piperazine rings is 1. The Bertz CT molecular complexity index is 1210. The first-order valence-corrected chi connectivity index (χ1v) is 15.3. The molecule has 2 aromatic rings. The summed E-state index contributed by atoms with van der Waals surface area (Å²) < 4.78 is 11.4. The SMILES string of the molecule is CCN(C=O)C(=Nc1ccc(Cl)cc1C)SC(C=O)c1ccc(OCCN2CCN(C(=O)OC(C)(C)C)CC2)cc1.CO. The van der Waals surface area contributed by atoms with Gasteiger partial charge in [-0.25, -0.2) is 9.79 Å². The topological polar surface area (TPSA) is 112 Å². The van der Waals surface area contributed by atoms with Crippen LogP contribution in [0.2, 0.25) is 5.02 Å². The fourth-order valence-corrected chi connectivity index (χ4v) is 5.34. The Kier molecular flexibility index (Phi) is 15.0. The van der Waals surface area contributed by atoms with Crippen molar-refractivity contribution in [1.82, 2.24) is 14.7 Å². The molecule has 2 amide bonds. The lowest BCUT2D eigenvalue weighted by Gasteiger charge is -2.35. The molecule has 0 radical (unpaired) electrons. The highest BCUT2D eigenvalue weighted by atomic mass is 35.5. The van der Waals surface area contributed by atoms with Gasteiger partial charge < -0.3 is 24.3 Å². The number of thioether (sulfide) groups is 1. The number of ether oxygens (including phenoxy) is 2. The lowest BCUT2D eigenvalue weighted by Crippen LogP contribution is -2.50. The van der Waals surface area contributed by atoms with Crippen LogP contribution in [0.4, 0.5) is 10.5 Å². The largest absolute Gasteiger partial charge is 0.492 e. The van der Waals surface area contributed by atoms with Crippen molar-refractivity contribution < 1.29 is 29.0 Å². The third kappa shape index (κ3) is 11.8. The number of aliphatic hydroxyl groups excluding tert-OH is 1. The van der Waals surface area contributed by atoms with E-state index < -0.39 is 10.9 Å². The fourth-order valence-electron chi connectivity index (χ4n) is 4.08. The number of amidine groups is 1. The number of amides is 2. The molecule has 12 heteroatoms. The van der Waals surface area contributed by atoms with Crippen molar-refractivity contribution in [2.45, 2.75) is 45.5 Å². The Hall–Kier alpha value is -3.12. The second-order valence-electron chi connectivity index (χ2n) is 10.6. The van der Waals surface area contributed by atoms with Crippen LogP contribution in [-0.4, -0.2) is 102 Å². The Labute approximate surface area is 264 Å². The Morgan fingerprint density at radius 1 is 1.12 bits per heavy atom. The van der Waals surface area contributed by atoms with E-state index in [9.17, 15) is 14.4 Å². The van der Waals surface area contributed by atoms with Crippen molar-refractivity contribution in [3.8, 4) is 5.75 Å². The first kappa shape index (κ1) is 36.1. The van der Waals surface area contributed by atoms with Crippen LogP contribution in [0.25, 0.3) is 0 Å². The van der Waals surface area contributed by atoms with E-state index in [1.807, 2.05) is 58.9 Å². The number of carbonyl (C=O) groups is 3. The van der Waals surface area contributed by atoms with Gasteiger partial charge in [0.2, 0.25) is 6.41 Å². The van der Waals surface area contributed by atoms with Crippen LogP contribution in [0.3, 0.4) is 0 Å². The maximum Gasteiger partial charge on any atom is 0.410 e. The summed E-state index contributed by atoms with van der Waals surface area (Å²) >= 11 is 7.29. The molecule has 1 aliphatic rings. The van der Waals surface area contributed by atoms with E-state index in [1.54, 1.807) is 23.1 Å². The molecule has 0 spiro atoms. The van der Waals surface area contributed by atoms with Gasteiger partial charge in [0.15, 0.2) is 5.17 Å². The standard InChI is InChI=1S/C30H39ClN4O5S.CH4O/c1-6-34(21-37)28(32-26-12-9-24(31)19-22(26)2)41-27(20-36)23-7-10-25(11-8-23)39-18-17-33-13-15-35(16-14-33)29(38)40-30(3,4)5;1-2/h7-12,19-21,27H,6,13-18H2,1-5H3;2H,1H3. The van der Waals surface area contributed by atoms with Gasteiger partial charge in [-0.2, -0.15) is 0 Å². The summed E-state index contributed by atoms with van der Waals surface area (Å²) in [5, 5.41) is 7.47. The third-order valence-corrected chi connectivity index (χ3v) is 7.76. The number of halogens is 1. The number of aldehydes is 1. The third-order valence-electron chi connectivity index (χ3n) is 6.35. The lowest BCUT2D eigenvalue weighted by atomic mass is 10.1. The number of nitrogens with zero attached hydrogens (tertiary/aromatic N) is 4. The zero-order chi connectivity index (χ0) is 32.0. The molecule has 0 bridgehead atoms. The average molecular weight is 635 g/mol. The number of benzene rings is 2. The van der Waals surface area contributed by atoms with Gasteiger partial charge in [-0.15, -0.1) is 0 Å². The number of aliphatic hydroxyl groups is 1. The molecule has 1 saturated heterocycles. The van der Waals surface area contributed by atoms with E-state index in [0.717, 1.165) is 44.2 Å². The molecule has 3 rings (SSSR count). The summed E-state index contributed by atoms with van der Waals surface area (Å²) in [5.74, 6) is 0.699. The van der Waals surface area contributed by atoms with E-state index in [0.29, 0.717) is 54.3 Å². The number of hydrogen-bond acceptors (Lipinski definition) is 9. The molecule has 236 valence electrons. The zero-order valence-electron chi connectivity index (χ0n) is 25.8. The molecule has 1 heterocycles. The summed E-state index contributed by atoms with van der Waals surface area (Å²) in [7, 11) is 1.00. The minimum absolute atomic E-state index is 0.271. The molecule has 1 aliphatic heterocycles. The van der Waals surface area contributed by atoms with Gasteiger partial charge in [0.1, 0.15) is 24.2 Å². The van der Waals surface area contributed by atoms with Gasteiger partial charge in [-0.1, -0.05) is 35.5 Å². The van der Waals surface area contributed by atoms with Crippen LogP contribution in [0.5, 0.6) is 5.75 Å². The maximum atomic E-state index is 12.3. The number of aliphatic imine (C=N–C) groups is 1. The molecular weight excluding hydrogens is 592 g/mol. The van der Waals surface area contributed by atoms with Gasteiger partial charge in [0.05, 0.1) is 10.9 Å². The van der Waals surface area contributed by atoms with E-state index in [2.05, 4.69) is 9.89 Å². The molecule has 1 atom stereocenters. The molecule has 0 aromatic heterocycles.